The molecule has 200 valence electrons. The second kappa shape index (κ2) is 17.3. The Labute approximate surface area is 211 Å². The fourth-order valence-electron chi connectivity index (χ4n) is 3.67. The van der Waals surface area contributed by atoms with E-state index in [1.54, 1.807) is 0 Å². The second-order valence-electron chi connectivity index (χ2n) is 8.52. The van der Waals surface area contributed by atoms with Gasteiger partial charge >= 0.3 is 12.1 Å². The van der Waals surface area contributed by atoms with E-state index in [1.165, 1.54) is 0 Å². The number of benzene rings is 1. The quantitative estimate of drug-likeness (QED) is 0.246. The molecule has 3 amide bonds. The van der Waals surface area contributed by atoms with Gasteiger partial charge in [-0.15, -0.1) is 0 Å². The minimum atomic E-state index is -0.760. The Morgan fingerprint density at radius 2 is 1.50 bits per heavy atom. The number of ether oxygens (including phenoxy) is 3. The standard InChI is InChI=1S/C25H37N3O8/c29-22(10-12-27-25(33)36-18-19-4-2-1-3-5-19)26-13-15-35-17-16-34-14-11-23(30)28-21-8-6-20(7-9-21)24(31)32/h1-5,20-21H,6-18H2,(H,26,29)(H,27,33)(H,28,30)(H,31,32). The molecule has 1 aromatic rings. The van der Waals surface area contributed by atoms with E-state index >= 15 is 0 Å². The van der Waals surface area contributed by atoms with Crippen molar-refractivity contribution in [3.8, 4) is 0 Å². The number of carboxylic acids is 1. The number of hydrogen-bond donors (Lipinski definition) is 4. The lowest BCUT2D eigenvalue weighted by Gasteiger charge is -2.26. The molecular formula is C25H37N3O8. The first-order chi connectivity index (χ1) is 17.4. The Bertz CT molecular complexity index is 813. The number of aliphatic carboxylic acids is 1. The van der Waals surface area contributed by atoms with Crippen molar-refractivity contribution < 1.29 is 38.5 Å². The number of amides is 3. The summed E-state index contributed by atoms with van der Waals surface area (Å²) in [7, 11) is 0. The first-order valence-corrected chi connectivity index (χ1v) is 12.3. The molecule has 1 fully saturated rings. The molecule has 0 unspecified atom stereocenters. The SMILES string of the molecule is O=C(CCNC(=O)OCc1ccccc1)NCCOCCOCCC(=O)NC1CCC(C(=O)O)CC1. The first kappa shape index (κ1) is 29.1. The number of carboxylic acid groups (broad SMARTS) is 1. The van der Waals surface area contributed by atoms with E-state index in [2.05, 4.69) is 16.0 Å². The number of carbonyl (C=O) groups excluding carboxylic acids is 3. The van der Waals surface area contributed by atoms with Gasteiger partial charge in [0.15, 0.2) is 0 Å². The molecule has 4 N–H and O–H groups in total. The smallest absolute Gasteiger partial charge is 0.407 e. The number of carbonyl (C=O) groups is 4. The normalized spacial score (nSPS) is 17.1. The summed E-state index contributed by atoms with van der Waals surface area (Å²) in [6, 6.07) is 9.35. The third-order valence-electron chi connectivity index (χ3n) is 5.69. The maximum Gasteiger partial charge on any atom is 0.407 e. The Kier molecular flexibility index (Phi) is 13.9. The lowest BCUT2D eigenvalue weighted by Crippen LogP contribution is -2.39. The van der Waals surface area contributed by atoms with E-state index in [1.807, 2.05) is 30.3 Å². The Morgan fingerprint density at radius 1 is 0.806 bits per heavy atom. The molecular weight excluding hydrogens is 470 g/mol. The highest BCUT2D eigenvalue weighted by molar-refractivity contribution is 5.77. The van der Waals surface area contributed by atoms with E-state index in [9.17, 15) is 19.2 Å². The van der Waals surface area contributed by atoms with Crippen molar-refractivity contribution in [3.63, 3.8) is 0 Å². The van der Waals surface area contributed by atoms with Crippen LogP contribution in [0, 0.1) is 5.92 Å². The van der Waals surface area contributed by atoms with Gasteiger partial charge in [-0.2, -0.15) is 0 Å². The molecule has 0 spiro atoms. The molecule has 1 aromatic carbocycles. The van der Waals surface area contributed by atoms with Crippen LogP contribution in [0.4, 0.5) is 4.79 Å². The highest BCUT2D eigenvalue weighted by atomic mass is 16.5. The number of nitrogens with one attached hydrogen (secondary N) is 3. The summed E-state index contributed by atoms with van der Waals surface area (Å²) in [5.74, 6) is -1.37. The van der Waals surface area contributed by atoms with Gasteiger partial charge in [-0.3, -0.25) is 14.4 Å². The fraction of sp³-hybridized carbons (Fsp3) is 0.600. The van der Waals surface area contributed by atoms with Crippen LogP contribution in [0.15, 0.2) is 30.3 Å². The minimum Gasteiger partial charge on any atom is -0.481 e. The number of alkyl carbamates (subject to hydrolysis) is 1. The molecule has 0 aliphatic heterocycles. The zero-order valence-corrected chi connectivity index (χ0v) is 20.5. The number of rotatable bonds is 16. The lowest BCUT2D eigenvalue weighted by atomic mass is 9.86. The van der Waals surface area contributed by atoms with E-state index in [4.69, 9.17) is 19.3 Å². The van der Waals surface area contributed by atoms with Crippen LogP contribution in [-0.2, 0) is 35.2 Å². The van der Waals surface area contributed by atoms with Crippen molar-refractivity contribution in [3.05, 3.63) is 35.9 Å². The topological polar surface area (TPSA) is 152 Å². The van der Waals surface area contributed by atoms with Gasteiger partial charge in [0, 0.05) is 32.0 Å². The molecule has 0 heterocycles. The molecule has 11 heteroatoms. The molecule has 1 aliphatic carbocycles. The predicted octanol–water partition coefficient (Wildman–Crippen LogP) is 1.60. The Hall–Kier alpha value is -3.18. The summed E-state index contributed by atoms with van der Waals surface area (Å²) in [6.07, 6.45) is 2.35. The maximum absolute atomic E-state index is 12.0. The summed E-state index contributed by atoms with van der Waals surface area (Å²) in [6.45, 7) is 1.95. The van der Waals surface area contributed by atoms with Crippen LogP contribution in [0.5, 0.6) is 0 Å². The van der Waals surface area contributed by atoms with Crippen molar-refractivity contribution in [2.24, 2.45) is 5.92 Å². The van der Waals surface area contributed by atoms with Crippen LogP contribution in [0.2, 0.25) is 0 Å². The van der Waals surface area contributed by atoms with Gasteiger partial charge in [-0.1, -0.05) is 30.3 Å². The molecule has 0 saturated heterocycles. The Morgan fingerprint density at radius 3 is 2.19 bits per heavy atom. The van der Waals surface area contributed by atoms with Crippen LogP contribution < -0.4 is 16.0 Å². The zero-order chi connectivity index (χ0) is 26.0. The molecule has 1 aliphatic rings. The molecule has 36 heavy (non-hydrogen) atoms. The average Bonchev–Trinajstić information content (AvgIpc) is 2.87. The molecule has 1 saturated carbocycles. The van der Waals surface area contributed by atoms with E-state index < -0.39 is 12.1 Å². The van der Waals surface area contributed by atoms with Crippen molar-refractivity contribution in [2.45, 2.75) is 51.2 Å². The van der Waals surface area contributed by atoms with Crippen LogP contribution in [0.3, 0.4) is 0 Å². The third kappa shape index (κ3) is 13.1. The van der Waals surface area contributed by atoms with E-state index in [0.717, 1.165) is 5.56 Å². The summed E-state index contributed by atoms with van der Waals surface area (Å²) >= 11 is 0. The van der Waals surface area contributed by atoms with Gasteiger partial charge in [0.1, 0.15) is 6.61 Å². The zero-order valence-electron chi connectivity index (χ0n) is 20.5. The largest absolute Gasteiger partial charge is 0.481 e. The molecule has 0 bridgehead atoms. The van der Waals surface area contributed by atoms with Gasteiger partial charge in [0.05, 0.1) is 32.3 Å². The summed E-state index contributed by atoms with van der Waals surface area (Å²) in [4.78, 5) is 46.3. The van der Waals surface area contributed by atoms with E-state index in [-0.39, 0.29) is 56.4 Å². The van der Waals surface area contributed by atoms with Gasteiger partial charge in [0.25, 0.3) is 0 Å². The van der Waals surface area contributed by atoms with Crippen LogP contribution >= 0.6 is 0 Å². The average molecular weight is 508 g/mol. The van der Waals surface area contributed by atoms with Crippen LogP contribution in [0.1, 0.15) is 44.1 Å². The van der Waals surface area contributed by atoms with Gasteiger partial charge in [-0.25, -0.2) is 4.79 Å². The molecule has 0 atom stereocenters. The lowest BCUT2D eigenvalue weighted by molar-refractivity contribution is -0.142. The van der Waals surface area contributed by atoms with Gasteiger partial charge in [-0.05, 0) is 31.2 Å². The van der Waals surface area contributed by atoms with E-state index in [0.29, 0.717) is 52.0 Å². The third-order valence-corrected chi connectivity index (χ3v) is 5.69. The molecule has 0 radical (unpaired) electrons. The molecule has 11 nitrogen and oxygen atoms in total. The van der Waals surface area contributed by atoms with Gasteiger partial charge < -0.3 is 35.3 Å². The molecule has 0 aromatic heterocycles. The Balaban J connectivity index is 1.35. The van der Waals surface area contributed by atoms with Crippen molar-refractivity contribution in [1.82, 2.24) is 16.0 Å². The van der Waals surface area contributed by atoms with Crippen molar-refractivity contribution in [2.75, 3.05) is 39.5 Å². The second-order valence-corrected chi connectivity index (χ2v) is 8.52. The predicted molar refractivity (Wildman–Crippen MR) is 130 cm³/mol. The summed E-state index contributed by atoms with van der Waals surface area (Å²) in [5.41, 5.74) is 0.884. The highest BCUT2D eigenvalue weighted by Gasteiger charge is 2.26. The minimum absolute atomic E-state index is 0.0379. The van der Waals surface area contributed by atoms with Gasteiger partial charge in [0.2, 0.25) is 11.8 Å². The monoisotopic (exact) mass is 507 g/mol. The summed E-state index contributed by atoms with van der Waals surface area (Å²) in [5, 5.41) is 17.2. The van der Waals surface area contributed by atoms with Crippen molar-refractivity contribution >= 4 is 23.9 Å². The highest BCUT2D eigenvalue weighted by Crippen LogP contribution is 2.24. The molecule has 2 rings (SSSR count). The van der Waals surface area contributed by atoms with Crippen molar-refractivity contribution in [1.29, 1.82) is 0 Å². The summed E-state index contributed by atoms with van der Waals surface area (Å²) < 4.78 is 15.8. The number of hydrogen-bond acceptors (Lipinski definition) is 7. The fourth-order valence-corrected chi connectivity index (χ4v) is 3.67. The van der Waals surface area contributed by atoms with Crippen LogP contribution in [0.25, 0.3) is 0 Å². The maximum atomic E-state index is 12.0. The first-order valence-electron chi connectivity index (χ1n) is 12.3. The van der Waals surface area contributed by atoms with Crippen LogP contribution in [-0.4, -0.2) is 74.5 Å².